The van der Waals surface area contributed by atoms with Gasteiger partial charge < -0.3 is 15.5 Å². The predicted octanol–water partition coefficient (Wildman–Crippen LogP) is 5.90. The van der Waals surface area contributed by atoms with E-state index < -0.39 is 0 Å². The number of aromatic nitrogens is 2. The molecule has 0 unspecified atom stereocenters. The van der Waals surface area contributed by atoms with Crippen LogP contribution in [0.2, 0.25) is 0 Å². The zero-order valence-electron chi connectivity index (χ0n) is 19.8. The maximum Gasteiger partial charge on any atom is 0.236 e. The number of anilines is 4. The minimum absolute atomic E-state index is 0.0650. The van der Waals surface area contributed by atoms with Gasteiger partial charge in [-0.2, -0.15) is 0 Å². The topological polar surface area (TPSA) is 70.2 Å². The number of carbonyl (C=O) groups is 1. The van der Waals surface area contributed by atoms with Crippen molar-refractivity contribution in [2.75, 3.05) is 28.6 Å². The number of benzene rings is 3. The summed E-state index contributed by atoms with van der Waals surface area (Å²) in [5.41, 5.74) is 3.56. The second kappa shape index (κ2) is 10.4. The first-order valence-corrected chi connectivity index (χ1v) is 12.0. The highest BCUT2D eigenvalue weighted by atomic mass is 16.1. The molecular formula is C29H29N5O. The fourth-order valence-electron chi connectivity index (χ4n) is 4.51. The highest BCUT2D eigenvalue weighted by Crippen LogP contribution is 2.27. The van der Waals surface area contributed by atoms with Crippen LogP contribution in [0.25, 0.3) is 0 Å². The Bertz CT molecular complexity index is 1230. The molecule has 2 heterocycles. The molecule has 4 aromatic rings. The van der Waals surface area contributed by atoms with Crippen LogP contribution in [-0.4, -0.2) is 29.0 Å². The van der Waals surface area contributed by atoms with E-state index in [4.69, 9.17) is 0 Å². The van der Waals surface area contributed by atoms with Crippen LogP contribution in [0, 0.1) is 6.92 Å². The molecule has 0 atom stereocenters. The molecule has 1 saturated heterocycles. The summed E-state index contributed by atoms with van der Waals surface area (Å²) in [4.78, 5) is 24.8. The van der Waals surface area contributed by atoms with Gasteiger partial charge in [0.2, 0.25) is 5.91 Å². The third kappa shape index (κ3) is 5.49. The summed E-state index contributed by atoms with van der Waals surface area (Å²) in [6, 6.07) is 29.4. The third-order valence-corrected chi connectivity index (χ3v) is 6.21. The van der Waals surface area contributed by atoms with Crippen molar-refractivity contribution in [3.8, 4) is 0 Å². The van der Waals surface area contributed by atoms with Gasteiger partial charge in [0.1, 0.15) is 17.5 Å². The van der Waals surface area contributed by atoms with Crippen LogP contribution in [-0.2, 0) is 4.79 Å². The summed E-state index contributed by atoms with van der Waals surface area (Å²) < 4.78 is 0. The van der Waals surface area contributed by atoms with Crippen LogP contribution in [0.4, 0.5) is 23.0 Å². The predicted molar refractivity (Wildman–Crippen MR) is 141 cm³/mol. The molecule has 176 valence electrons. The molecule has 1 amide bonds. The molecule has 3 aromatic carbocycles. The van der Waals surface area contributed by atoms with E-state index in [0.29, 0.717) is 0 Å². The van der Waals surface area contributed by atoms with E-state index in [2.05, 4.69) is 25.5 Å². The molecule has 0 aliphatic carbocycles. The first-order valence-electron chi connectivity index (χ1n) is 12.0. The molecule has 0 bridgehead atoms. The van der Waals surface area contributed by atoms with Crippen LogP contribution in [0.3, 0.4) is 0 Å². The number of carbonyl (C=O) groups excluding carboxylic acids is 1. The lowest BCUT2D eigenvalue weighted by Crippen LogP contribution is -2.22. The molecule has 6 nitrogen and oxygen atoms in total. The van der Waals surface area contributed by atoms with E-state index >= 15 is 0 Å². The van der Waals surface area contributed by atoms with Crippen LogP contribution in [0.15, 0.2) is 91.0 Å². The van der Waals surface area contributed by atoms with Crippen molar-refractivity contribution in [2.45, 2.75) is 25.7 Å². The molecule has 1 aliphatic rings. The van der Waals surface area contributed by atoms with E-state index in [1.807, 2.05) is 97.9 Å². The van der Waals surface area contributed by atoms with Gasteiger partial charge in [0.25, 0.3) is 0 Å². The average molecular weight is 464 g/mol. The lowest BCUT2D eigenvalue weighted by molar-refractivity contribution is -0.116. The second-order valence-electron chi connectivity index (χ2n) is 8.80. The fraction of sp³-hybridized carbons (Fsp3) is 0.207. The van der Waals surface area contributed by atoms with E-state index in [9.17, 15) is 4.79 Å². The van der Waals surface area contributed by atoms with Crippen molar-refractivity contribution < 1.29 is 4.79 Å². The van der Waals surface area contributed by atoms with Gasteiger partial charge in [-0.3, -0.25) is 4.79 Å². The highest BCUT2D eigenvalue weighted by molar-refractivity contribution is 5.98. The normalized spacial score (nSPS) is 13.1. The molecule has 1 aromatic heterocycles. The minimum Gasteiger partial charge on any atom is -0.356 e. The Kier molecular flexibility index (Phi) is 6.70. The fourth-order valence-corrected chi connectivity index (χ4v) is 4.51. The van der Waals surface area contributed by atoms with Crippen LogP contribution < -0.4 is 15.5 Å². The molecule has 0 saturated carbocycles. The van der Waals surface area contributed by atoms with Crippen molar-refractivity contribution in [1.82, 2.24) is 9.97 Å². The Morgan fingerprint density at radius 3 is 1.97 bits per heavy atom. The molecule has 1 aliphatic heterocycles. The zero-order valence-corrected chi connectivity index (χ0v) is 19.8. The maximum absolute atomic E-state index is 13.3. The molecule has 5 rings (SSSR count). The summed E-state index contributed by atoms with van der Waals surface area (Å²) in [6.45, 7) is 3.99. The first kappa shape index (κ1) is 22.6. The first-order chi connectivity index (χ1) is 17.2. The number of nitrogens with one attached hydrogen (secondary N) is 2. The SMILES string of the molecule is Cc1nc(Nc2ccc(NC(=O)C(c3ccccc3)c3ccccc3)cc2)cc(N2CCCC2)n1. The largest absolute Gasteiger partial charge is 0.356 e. The molecule has 1 fully saturated rings. The summed E-state index contributed by atoms with van der Waals surface area (Å²) in [6.07, 6.45) is 2.41. The number of aryl methyl sites for hydroxylation is 1. The van der Waals surface area contributed by atoms with Crippen molar-refractivity contribution in [1.29, 1.82) is 0 Å². The Hall–Kier alpha value is -4.19. The highest BCUT2D eigenvalue weighted by Gasteiger charge is 2.22. The summed E-state index contributed by atoms with van der Waals surface area (Å²) in [5.74, 6) is 2.03. The quantitative estimate of drug-likeness (QED) is 0.357. The molecule has 35 heavy (non-hydrogen) atoms. The van der Waals surface area contributed by atoms with Gasteiger partial charge in [-0.1, -0.05) is 60.7 Å². The van der Waals surface area contributed by atoms with Gasteiger partial charge >= 0.3 is 0 Å². The summed E-state index contributed by atoms with van der Waals surface area (Å²) >= 11 is 0. The van der Waals surface area contributed by atoms with Gasteiger partial charge in [-0.25, -0.2) is 9.97 Å². The Morgan fingerprint density at radius 2 is 1.37 bits per heavy atom. The Labute approximate surface area is 206 Å². The van der Waals surface area contributed by atoms with Crippen LogP contribution in [0.1, 0.15) is 35.7 Å². The van der Waals surface area contributed by atoms with E-state index in [0.717, 1.165) is 53.1 Å². The number of amides is 1. The van der Waals surface area contributed by atoms with E-state index in [-0.39, 0.29) is 11.8 Å². The lowest BCUT2D eigenvalue weighted by atomic mass is 9.90. The number of hydrogen-bond acceptors (Lipinski definition) is 5. The Balaban J connectivity index is 1.30. The lowest BCUT2D eigenvalue weighted by Gasteiger charge is -2.18. The van der Waals surface area contributed by atoms with Gasteiger partial charge in [0, 0.05) is 30.5 Å². The van der Waals surface area contributed by atoms with Crippen LogP contribution >= 0.6 is 0 Å². The Morgan fingerprint density at radius 1 is 0.800 bits per heavy atom. The van der Waals surface area contributed by atoms with Crippen molar-refractivity contribution in [3.63, 3.8) is 0 Å². The monoisotopic (exact) mass is 463 g/mol. The van der Waals surface area contributed by atoms with E-state index in [1.54, 1.807) is 0 Å². The number of rotatable bonds is 7. The summed E-state index contributed by atoms with van der Waals surface area (Å²) in [5, 5.41) is 6.46. The standard InChI is InChI=1S/C29H29N5O/c1-21-30-26(20-27(31-21)34-18-8-9-19-34)32-24-14-16-25(17-15-24)33-29(35)28(22-10-4-2-5-11-22)23-12-6-3-7-13-23/h2-7,10-17,20,28H,8-9,18-19H2,1H3,(H,33,35)(H,30,31,32). The van der Waals surface area contributed by atoms with Crippen molar-refractivity contribution in [3.05, 3.63) is 108 Å². The van der Waals surface area contributed by atoms with Crippen LogP contribution in [0.5, 0.6) is 0 Å². The summed E-state index contributed by atoms with van der Waals surface area (Å²) in [7, 11) is 0. The van der Waals surface area contributed by atoms with E-state index in [1.165, 1.54) is 12.8 Å². The number of nitrogens with zero attached hydrogens (tertiary/aromatic N) is 3. The van der Waals surface area contributed by atoms with Gasteiger partial charge in [-0.15, -0.1) is 0 Å². The maximum atomic E-state index is 13.3. The molecule has 6 heteroatoms. The molecule has 0 radical (unpaired) electrons. The second-order valence-corrected chi connectivity index (χ2v) is 8.80. The molecular weight excluding hydrogens is 434 g/mol. The average Bonchev–Trinajstić information content (AvgIpc) is 3.42. The van der Waals surface area contributed by atoms with Crippen molar-refractivity contribution >= 4 is 28.9 Å². The zero-order chi connectivity index (χ0) is 24.0. The molecule has 0 spiro atoms. The van der Waals surface area contributed by atoms with Gasteiger partial charge in [0.15, 0.2) is 0 Å². The third-order valence-electron chi connectivity index (χ3n) is 6.21. The number of hydrogen-bond donors (Lipinski definition) is 2. The van der Waals surface area contributed by atoms with Crippen molar-refractivity contribution in [2.24, 2.45) is 0 Å². The smallest absolute Gasteiger partial charge is 0.236 e. The minimum atomic E-state index is -0.386. The van der Waals surface area contributed by atoms with Gasteiger partial charge in [0.05, 0.1) is 5.92 Å². The molecule has 2 N–H and O–H groups in total. The van der Waals surface area contributed by atoms with Gasteiger partial charge in [-0.05, 0) is 55.2 Å².